The van der Waals surface area contributed by atoms with Gasteiger partial charge < -0.3 is 16.0 Å². The van der Waals surface area contributed by atoms with E-state index in [0.717, 1.165) is 18.8 Å². The maximum absolute atomic E-state index is 5.77. The van der Waals surface area contributed by atoms with Gasteiger partial charge in [-0.2, -0.15) is 0 Å². The van der Waals surface area contributed by atoms with Crippen molar-refractivity contribution in [3.05, 3.63) is 23.8 Å². The molecule has 0 aromatic heterocycles. The third-order valence-electron chi connectivity index (χ3n) is 3.59. The van der Waals surface area contributed by atoms with Gasteiger partial charge in [0.25, 0.3) is 0 Å². The molecular weight excluding hydrogens is 186 g/mol. The topological polar surface area (TPSA) is 41.3 Å². The number of aryl methyl sites for hydroxylation is 1. The molecule has 0 saturated carbocycles. The van der Waals surface area contributed by atoms with Crippen LogP contribution in [-0.2, 0) is 0 Å². The van der Waals surface area contributed by atoms with E-state index in [2.05, 4.69) is 29.3 Å². The van der Waals surface area contributed by atoms with Crippen molar-refractivity contribution in [1.29, 1.82) is 0 Å². The van der Waals surface area contributed by atoms with Crippen molar-refractivity contribution in [3.8, 4) is 0 Å². The Labute approximate surface area is 90.3 Å². The van der Waals surface area contributed by atoms with Gasteiger partial charge in [-0.05, 0) is 37.1 Å². The van der Waals surface area contributed by atoms with Gasteiger partial charge in [0.15, 0.2) is 0 Å². The molecule has 2 fully saturated rings. The first-order chi connectivity index (χ1) is 7.24. The number of nitrogens with one attached hydrogen (secondary N) is 1. The molecule has 2 aliphatic rings. The van der Waals surface area contributed by atoms with Crippen LogP contribution >= 0.6 is 0 Å². The van der Waals surface area contributed by atoms with Crippen molar-refractivity contribution < 1.29 is 0 Å². The second-order valence-electron chi connectivity index (χ2n) is 4.69. The van der Waals surface area contributed by atoms with Crippen molar-refractivity contribution in [2.45, 2.75) is 25.4 Å². The number of benzene rings is 1. The molecule has 2 aliphatic heterocycles. The molecule has 2 heterocycles. The van der Waals surface area contributed by atoms with Gasteiger partial charge in [0.05, 0.1) is 0 Å². The summed E-state index contributed by atoms with van der Waals surface area (Å²) >= 11 is 0. The summed E-state index contributed by atoms with van der Waals surface area (Å²) in [4.78, 5) is 2.52. The van der Waals surface area contributed by atoms with E-state index >= 15 is 0 Å². The first-order valence-corrected chi connectivity index (χ1v) is 5.60. The average Bonchev–Trinajstić information content (AvgIpc) is 2.78. The van der Waals surface area contributed by atoms with Crippen LogP contribution in [0.3, 0.4) is 0 Å². The van der Waals surface area contributed by atoms with Crippen molar-refractivity contribution in [2.75, 3.05) is 23.7 Å². The van der Waals surface area contributed by atoms with Gasteiger partial charge in [-0.1, -0.05) is 0 Å². The third-order valence-corrected chi connectivity index (χ3v) is 3.59. The predicted molar refractivity (Wildman–Crippen MR) is 63.1 cm³/mol. The summed E-state index contributed by atoms with van der Waals surface area (Å²) in [6.07, 6.45) is 1.30. The number of fused-ring (bicyclic) bond motifs is 2. The summed E-state index contributed by atoms with van der Waals surface area (Å²) in [6, 6.07) is 7.62. The van der Waals surface area contributed by atoms with E-state index in [9.17, 15) is 0 Å². The fraction of sp³-hybridized carbons (Fsp3) is 0.500. The summed E-state index contributed by atoms with van der Waals surface area (Å²) in [5.41, 5.74) is 9.28. The molecule has 0 radical (unpaired) electrons. The Kier molecular flexibility index (Phi) is 1.89. The lowest BCUT2D eigenvalue weighted by Gasteiger charge is -2.30. The minimum Gasteiger partial charge on any atom is -0.399 e. The summed E-state index contributed by atoms with van der Waals surface area (Å²) in [5.74, 6) is 0. The highest BCUT2D eigenvalue weighted by atomic mass is 15.3. The lowest BCUT2D eigenvalue weighted by molar-refractivity contribution is 0.579. The quantitative estimate of drug-likeness (QED) is 0.672. The maximum atomic E-state index is 5.77. The van der Waals surface area contributed by atoms with Crippen molar-refractivity contribution >= 4 is 11.4 Å². The second-order valence-corrected chi connectivity index (χ2v) is 4.69. The van der Waals surface area contributed by atoms with Crippen LogP contribution in [0.5, 0.6) is 0 Å². The molecule has 2 saturated heterocycles. The first-order valence-electron chi connectivity index (χ1n) is 5.60. The van der Waals surface area contributed by atoms with E-state index in [1.807, 2.05) is 6.07 Å². The number of rotatable bonds is 1. The molecule has 80 valence electrons. The van der Waals surface area contributed by atoms with Gasteiger partial charge in [0, 0.05) is 36.5 Å². The van der Waals surface area contributed by atoms with Gasteiger partial charge in [-0.15, -0.1) is 0 Å². The SMILES string of the molecule is Cc1cc(N)ccc1N1C[C@@H]2C[C@H]1CN2. The fourth-order valence-electron chi connectivity index (χ4n) is 2.86. The number of hydrogen-bond acceptors (Lipinski definition) is 3. The Bertz CT molecular complexity index is 388. The molecule has 3 rings (SSSR count). The zero-order valence-electron chi connectivity index (χ0n) is 9.03. The Morgan fingerprint density at radius 2 is 2.33 bits per heavy atom. The van der Waals surface area contributed by atoms with Crippen LogP contribution in [0.25, 0.3) is 0 Å². The molecule has 3 heteroatoms. The van der Waals surface area contributed by atoms with E-state index < -0.39 is 0 Å². The molecule has 1 aromatic carbocycles. The molecule has 0 unspecified atom stereocenters. The van der Waals surface area contributed by atoms with Crippen molar-refractivity contribution in [1.82, 2.24) is 5.32 Å². The number of nitrogen functional groups attached to an aromatic ring is 1. The van der Waals surface area contributed by atoms with E-state index in [4.69, 9.17) is 5.73 Å². The van der Waals surface area contributed by atoms with Crippen LogP contribution in [0.15, 0.2) is 18.2 Å². The van der Waals surface area contributed by atoms with Crippen LogP contribution < -0.4 is 16.0 Å². The number of nitrogens with zero attached hydrogens (tertiary/aromatic N) is 1. The normalized spacial score (nSPS) is 28.7. The Morgan fingerprint density at radius 1 is 1.47 bits per heavy atom. The maximum Gasteiger partial charge on any atom is 0.0430 e. The third kappa shape index (κ3) is 1.38. The fourth-order valence-corrected chi connectivity index (χ4v) is 2.86. The van der Waals surface area contributed by atoms with Gasteiger partial charge in [0.1, 0.15) is 0 Å². The first kappa shape index (κ1) is 9.04. The largest absolute Gasteiger partial charge is 0.399 e. The van der Waals surface area contributed by atoms with E-state index in [1.165, 1.54) is 17.7 Å². The van der Waals surface area contributed by atoms with E-state index in [0.29, 0.717) is 12.1 Å². The number of anilines is 2. The lowest BCUT2D eigenvalue weighted by Crippen LogP contribution is -2.43. The van der Waals surface area contributed by atoms with Gasteiger partial charge in [0.2, 0.25) is 0 Å². The summed E-state index contributed by atoms with van der Waals surface area (Å²) < 4.78 is 0. The monoisotopic (exact) mass is 203 g/mol. The minimum atomic E-state index is 0.692. The highest BCUT2D eigenvalue weighted by Gasteiger charge is 2.37. The summed E-state index contributed by atoms with van der Waals surface area (Å²) in [5, 5.41) is 3.52. The molecular formula is C12H17N3. The molecule has 2 bridgehead atoms. The number of hydrogen-bond donors (Lipinski definition) is 2. The molecule has 1 aromatic rings. The van der Waals surface area contributed by atoms with E-state index in [1.54, 1.807) is 0 Å². The molecule has 0 amide bonds. The zero-order chi connectivity index (χ0) is 10.4. The van der Waals surface area contributed by atoms with Crippen LogP contribution in [0, 0.1) is 6.92 Å². The van der Waals surface area contributed by atoms with Crippen molar-refractivity contribution in [3.63, 3.8) is 0 Å². The smallest absolute Gasteiger partial charge is 0.0430 e. The number of piperazine rings is 1. The molecule has 0 aliphatic carbocycles. The Hall–Kier alpha value is -1.22. The Morgan fingerprint density at radius 3 is 2.93 bits per heavy atom. The standard InChI is InChI=1S/C12H17N3/c1-8-4-9(13)2-3-12(8)15-7-10-5-11(15)6-14-10/h2-4,10-11,14H,5-7,13H2,1H3/t10-,11-/m0/s1. The van der Waals surface area contributed by atoms with Crippen LogP contribution in [0.2, 0.25) is 0 Å². The van der Waals surface area contributed by atoms with Crippen LogP contribution in [0.4, 0.5) is 11.4 Å². The minimum absolute atomic E-state index is 0.692. The zero-order valence-corrected chi connectivity index (χ0v) is 9.03. The molecule has 15 heavy (non-hydrogen) atoms. The lowest BCUT2D eigenvalue weighted by atomic mass is 10.1. The number of nitrogens with two attached hydrogens (primary N) is 1. The summed E-state index contributed by atoms with van der Waals surface area (Å²) in [7, 11) is 0. The molecule has 3 N–H and O–H groups in total. The Balaban J connectivity index is 1.93. The summed E-state index contributed by atoms with van der Waals surface area (Å²) in [6.45, 7) is 4.43. The van der Waals surface area contributed by atoms with Crippen LogP contribution in [0.1, 0.15) is 12.0 Å². The highest BCUT2D eigenvalue weighted by Crippen LogP contribution is 2.32. The van der Waals surface area contributed by atoms with Crippen LogP contribution in [-0.4, -0.2) is 25.2 Å². The van der Waals surface area contributed by atoms with Gasteiger partial charge in [-0.25, -0.2) is 0 Å². The van der Waals surface area contributed by atoms with E-state index in [-0.39, 0.29) is 0 Å². The highest BCUT2D eigenvalue weighted by molar-refractivity contribution is 5.60. The van der Waals surface area contributed by atoms with Gasteiger partial charge in [-0.3, -0.25) is 0 Å². The predicted octanol–water partition coefficient (Wildman–Crippen LogP) is 1.13. The van der Waals surface area contributed by atoms with Crippen molar-refractivity contribution in [2.24, 2.45) is 0 Å². The average molecular weight is 203 g/mol. The van der Waals surface area contributed by atoms with Gasteiger partial charge >= 0.3 is 0 Å². The molecule has 0 spiro atoms. The second kappa shape index (κ2) is 3.14. The molecule has 2 atom stereocenters. The molecule has 3 nitrogen and oxygen atoms in total.